The maximum atomic E-state index is 12.1. The monoisotopic (exact) mass is 275 g/mol. The van der Waals surface area contributed by atoms with Crippen molar-refractivity contribution in [3.8, 4) is 0 Å². The van der Waals surface area contributed by atoms with Crippen LogP contribution in [-0.4, -0.2) is 32.1 Å². The molecule has 104 valence electrons. The van der Waals surface area contributed by atoms with Gasteiger partial charge in [0.1, 0.15) is 0 Å². The number of nitrogens with two attached hydrogens (primary N) is 1. The number of halogens is 3. The van der Waals surface area contributed by atoms with Gasteiger partial charge in [0.05, 0.1) is 5.56 Å². The molecule has 0 bridgehead atoms. The fraction of sp³-hybridized carbons (Fsp3) is 0.273. The van der Waals surface area contributed by atoms with Gasteiger partial charge in [-0.2, -0.15) is 13.2 Å². The van der Waals surface area contributed by atoms with E-state index in [1.165, 1.54) is 12.1 Å². The summed E-state index contributed by atoms with van der Waals surface area (Å²) in [5.74, 6) is -2.91. The number of hydrogen-bond acceptors (Lipinski definition) is 3. The summed E-state index contributed by atoms with van der Waals surface area (Å²) in [4.78, 5) is 23.6. The van der Waals surface area contributed by atoms with Gasteiger partial charge in [0, 0.05) is 25.5 Å². The average molecular weight is 275 g/mol. The highest BCUT2D eigenvalue weighted by atomic mass is 19.4. The highest BCUT2D eigenvalue weighted by molar-refractivity contribution is 6.01. The first-order valence-electron chi connectivity index (χ1n) is 5.12. The summed E-state index contributed by atoms with van der Waals surface area (Å²) in [7, 11) is 3.30. The normalized spacial score (nSPS) is 11.0. The van der Waals surface area contributed by atoms with Crippen LogP contribution in [0.4, 0.5) is 24.5 Å². The van der Waals surface area contributed by atoms with Crippen LogP contribution in [0.5, 0.6) is 0 Å². The fourth-order valence-electron chi connectivity index (χ4n) is 1.40. The molecular weight excluding hydrogens is 263 g/mol. The van der Waals surface area contributed by atoms with Crippen molar-refractivity contribution in [3.63, 3.8) is 0 Å². The number of hydrogen-bond donors (Lipinski definition) is 2. The molecule has 8 heteroatoms. The van der Waals surface area contributed by atoms with Gasteiger partial charge in [-0.25, -0.2) is 0 Å². The Bertz CT molecular complexity index is 512. The third-order valence-electron chi connectivity index (χ3n) is 2.26. The van der Waals surface area contributed by atoms with Crippen LogP contribution < -0.4 is 16.0 Å². The summed E-state index contributed by atoms with van der Waals surface area (Å²) < 4.78 is 36.3. The van der Waals surface area contributed by atoms with E-state index in [1.807, 2.05) is 0 Å². The quantitative estimate of drug-likeness (QED) is 0.874. The Morgan fingerprint density at radius 3 is 2.26 bits per heavy atom. The zero-order valence-electron chi connectivity index (χ0n) is 10.2. The van der Waals surface area contributed by atoms with Gasteiger partial charge in [0.25, 0.3) is 5.91 Å². The first-order valence-corrected chi connectivity index (χ1v) is 5.12. The smallest absolute Gasteiger partial charge is 0.377 e. The summed E-state index contributed by atoms with van der Waals surface area (Å²) in [5.41, 5.74) is 5.45. The predicted molar refractivity (Wildman–Crippen MR) is 64.0 cm³/mol. The number of anilines is 2. The summed E-state index contributed by atoms with van der Waals surface area (Å²) in [6.45, 7) is 0. The molecule has 0 aliphatic rings. The van der Waals surface area contributed by atoms with E-state index in [-0.39, 0.29) is 11.3 Å². The third-order valence-corrected chi connectivity index (χ3v) is 2.26. The molecule has 0 unspecified atom stereocenters. The number of primary amides is 1. The largest absolute Gasteiger partial charge is 0.471 e. The standard InChI is InChI=1S/C11H12F3N3O2/c1-17(2)8-4-3-6(5-7(8)9(15)18)16-10(19)11(12,13)14/h3-5H,1-2H3,(H2,15,18)(H,16,19). The number of benzene rings is 1. The second-order valence-electron chi connectivity index (χ2n) is 3.94. The third kappa shape index (κ3) is 3.60. The molecule has 0 saturated carbocycles. The van der Waals surface area contributed by atoms with E-state index in [4.69, 9.17) is 5.73 Å². The van der Waals surface area contributed by atoms with Crippen LogP contribution in [0, 0.1) is 0 Å². The van der Waals surface area contributed by atoms with Gasteiger partial charge >= 0.3 is 12.1 Å². The maximum Gasteiger partial charge on any atom is 0.471 e. The van der Waals surface area contributed by atoms with Crippen molar-refractivity contribution < 1.29 is 22.8 Å². The van der Waals surface area contributed by atoms with Crippen molar-refractivity contribution in [1.82, 2.24) is 0 Å². The van der Waals surface area contributed by atoms with Crippen molar-refractivity contribution in [1.29, 1.82) is 0 Å². The number of nitrogens with zero attached hydrogens (tertiary/aromatic N) is 1. The molecule has 0 aromatic heterocycles. The SMILES string of the molecule is CN(C)c1ccc(NC(=O)C(F)(F)F)cc1C(N)=O. The molecule has 2 amide bonds. The zero-order chi connectivity index (χ0) is 14.8. The summed E-state index contributed by atoms with van der Waals surface area (Å²) in [6, 6.07) is 3.75. The Hall–Kier alpha value is -2.25. The van der Waals surface area contributed by atoms with Gasteiger partial charge in [-0.05, 0) is 18.2 Å². The number of rotatable bonds is 3. The van der Waals surface area contributed by atoms with Gasteiger partial charge in [-0.15, -0.1) is 0 Å². The van der Waals surface area contributed by atoms with E-state index in [0.29, 0.717) is 5.69 Å². The summed E-state index contributed by atoms with van der Waals surface area (Å²) in [5, 5.41) is 1.65. The Morgan fingerprint density at radius 1 is 1.26 bits per heavy atom. The molecule has 5 nitrogen and oxygen atoms in total. The number of carbonyl (C=O) groups excluding carboxylic acids is 2. The molecule has 3 N–H and O–H groups in total. The highest BCUT2D eigenvalue weighted by Gasteiger charge is 2.38. The predicted octanol–water partition coefficient (Wildman–Crippen LogP) is 1.35. The Balaban J connectivity index is 3.10. The van der Waals surface area contributed by atoms with Gasteiger partial charge < -0.3 is 16.0 Å². The van der Waals surface area contributed by atoms with Crippen molar-refractivity contribution in [2.45, 2.75) is 6.18 Å². The molecular formula is C11H12F3N3O2. The Labute approximate surface area is 107 Å². The van der Waals surface area contributed by atoms with Crippen LogP contribution in [0.2, 0.25) is 0 Å². The van der Waals surface area contributed by atoms with E-state index >= 15 is 0 Å². The van der Waals surface area contributed by atoms with Gasteiger partial charge in [-0.1, -0.05) is 0 Å². The lowest BCUT2D eigenvalue weighted by Crippen LogP contribution is -2.30. The average Bonchev–Trinajstić information content (AvgIpc) is 2.27. The van der Waals surface area contributed by atoms with Gasteiger partial charge in [-0.3, -0.25) is 9.59 Å². The number of carbonyl (C=O) groups is 2. The molecule has 19 heavy (non-hydrogen) atoms. The minimum Gasteiger partial charge on any atom is -0.377 e. The van der Waals surface area contributed by atoms with E-state index in [2.05, 4.69) is 0 Å². The first-order chi connectivity index (χ1) is 8.62. The van der Waals surface area contributed by atoms with Crippen LogP contribution in [0.3, 0.4) is 0 Å². The minimum absolute atomic E-state index is 0.0185. The lowest BCUT2D eigenvalue weighted by Gasteiger charge is -2.17. The molecule has 1 aromatic rings. The van der Waals surface area contributed by atoms with E-state index in [1.54, 1.807) is 24.3 Å². The summed E-state index contributed by atoms with van der Waals surface area (Å²) >= 11 is 0. The molecule has 0 radical (unpaired) electrons. The second-order valence-corrected chi connectivity index (χ2v) is 3.94. The zero-order valence-corrected chi connectivity index (χ0v) is 10.2. The topological polar surface area (TPSA) is 75.4 Å². The van der Waals surface area contributed by atoms with Crippen LogP contribution in [-0.2, 0) is 4.79 Å². The molecule has 1 aromatic carbocycles. The molecule has 0 atom stereocenters. The number of alkyl halides is 3. The maximum absolute atomic E-state index is 12.1. The fourth-order valence-corrected chi connectivity index (χ4v) is 1.40. The molecule has 0 aliphatic carbocycles. The van der Waals surface area contributed by atoms with Crippen LogP contribution >= 0.6 is 0 Å². The number of amides is 2. The second kappa shape index (κ2) is 5.17. The lowest BCUT2D eigenvalue weighted by molar-refractivity contribution is -0.167. The first kappa shape index (κ1) is 14.8. The lowest BCUT2D eigenvalue weighted by atomic mass is 10.1. The Kier molecular flexibility index (Phi) is 4.03. The van der Waals surface area contributed by atoms with Crippen molar-refractivity contribution in [3.05, 3.63) is 23.8 Å². The van der Waals surface area contributed by atoms with Gasteiger partial charge in [0.2, 0.25) is 0 Å². The van der Waals surface area contributed by atoms with Crippen LogP contribution in [0.15, 0.2) is 18.2 Å². The van der Waals surface area contributed by atoms with Crippen LogP contribution in [0.1, 0.15) is 10.4 Å². The number of nitrogens with one attached hydrogen (secondary N) is 1. The Morgan fingerprint density at radius 2 is 1.84 bits per heavy atom. The van der Waals surface area contributed by atoms with Crippen molar-refractivity contribution in [2.24, 2.45) is 5.73 Å². The molecule has 0 fully saturated rings. The molecule has 0 heterocycles. The van der Waals surface area contributed by atoms with E-state index in [0.717, 1.165) is 6.07 Å². The molecule has 0 saturated heterocycles. The van der Waals surface area contributed by atoms with E-state index in [9.17, 15) is 22.8 Å². The van der Waals surface area contributed by atoms with E-state index < -0.39 is 18.0 Å². The van der Waals surface area contributed by atoms with Gasteiger partial charge in [0.15, 0.2) is 0 Å². The highest BCUT2D eigenvalue weighted by Crippen LogP contribution is 2.24. The van der Waals surface area contributed by atoms with Crippen LogP contribution in [0.25, 0.3) is 0 Å². The minimum atomic E-state index is -4.99. The molecule has 0 aliphatic heterocycles. The van der Waals surface area contributed by atoms with Crippen molar-refractivity contribution >= 4 is 23.2 Å². The molecule has 1 rings (SSSR count). The van der Waals surface area contributed by atoms with Crippen molar-refractivity contribution in [2.75, 3.05) is 24.3 Å². The molecule has 0 spiro atoms. The summed E-state index contributed by atoms with van der Waals surface area (Å²) in [6.07, 6.45) is -4.99.